The van der Waals surface area contributed by atoms with E-state index in [1.807, 2.05) is 24.0 Å². The van der Waals surface area contributed by atoms with E-state index in [1.165, 1.54) is 11.3 Å². The van der Waals surface area contributed by atoms with Crippen molar-refractivity contribution < 1.29 is 14.7 Å². The maximum Gasteiger partial charge on any atom is 0.304 e. The molecule has 0 radical (unpaired) electrons. The van der Waals surface area contributed by atoms with Gasteiger partial charge >= 0.3 is 5.97 Å². The van der Waals surface area contributed by atoms with Gasteiger partial charge in [-0.1, -0.05) is 0 Å². The molecule has 1 aromatic rings. The first-order chi connectivity index (χ1) is 9.06. The summed E-state index contributed by atoms with van der Waals surface area (Å²) in [6.45, 7) is 5.41. The molecule has 2 rings (SSSR count). The highest BCUT2D eigenvalue weighted by Crippen LogP contribution is 2.18. The first-order valence-electron chi connectivity index (χ1n) is 6.36. The van der Waals surface area contributed by atoms with Crippen LogP contribution in [-0.4, -0.2) is 59.5 Å². The van der Waals surface area contributed by atoms with Crippen molar-refractivity contribution >= 4 is 23.2 Å². The molecule has 1 amide bonds. The lowest BCUT2D eigenvalue weighted by Crippen LogP contribution is -2.48. The number of carboxylic acid groups (broad SMARTS) is 1. The molecule has 5 nitrogen and oxygen atoms in total. The van der Waals surface area contributed by atoms with Crippen molar-refractivity contribution in [3.8, 4) is 0 Å². The van der Waals surface area contributed by atoms with Crippen molar-refractivity contribution in [2.24, 2.45) is 0 Å². The number of hydrogen-bond donors (Lipinski definition) is 1. The highest BCUT2D eigenvalue weighted by atomic mass is 32.1. The number of carboxylic acids is 1. The van der Waals surface area contributed by atoms with Gasteiger partial charge in [-0.15, -0.1) is 11.3 Å². The molecule has 19 heavy (non-hydrogen) atoms. The maximum atomic E-state index is 12.2. The van der Waals surface area contributed by atoms with Gasteiger partial charge < -0.3 is 10.0 Å². The third-order valence-corrected chi connectivity index (χ3v) is 4.24. The van der Waals surface area contributed by atoms with E-state index in [0.29, 0.717) is 19.6 Å². The van der Waals surface area contributed by atoms with Crippen LogP contribution in [0.25, 0.3) is 0 Å². The number of thiophene rings is 1. The molecule has 1 fully saturated rings. The largest absolute Gasteiger partial charge is 0.481 e. The van der Waals surface area contributed by atoms with Crippen LogP contribution in [0.5, 0.6) is 0 Å². The normalized spacial score (nSPS) is 16.6. The summed E-state index contributed by atoms with van der Waals surface area (Å²) in [5, 5.41) is 8.65. The number of carbonyl (C=O) groups is 2. The standard InChI is InChI=1S/C13H18N2O3S/c1-10-2-3-11(19-10)13(18)15-8-6-14(7-9-15)5-4-12(16)17/h2-3H,4-9H2,1H3,(H,16,17). The molecular formula is C13H18N2O3S. The summed E-state index contributed by atoms with van der Waals surface area (Å²) in [5.74, 6) is -0.677. The molecule has 1 saturated heterocycles. The van der Waals surface area contributed by atoms with Crippen LogP contribution in [0.15, 0.2) is 12.1 Å². The Morgan fingerprint density at radius 3 is 2.47 bits per heavy atom. The van der Waals surface area contributed by atoms with E-state index < -0.39 is 5.97 Å². The zero-order chi connectivity index (χ0) is 13.8. The van der Waals surface area contributed by atoms with Gasteiger partial charge in [-0.25, -0.2) is 0 Å². The van der Waals surface area contributed by atoms with Gasteiger partial charge in [0.25, 0.3) is 5.91 Å². The molecular weight excluding hydrogens is 264 g/mol. The first-order valence-corrected chi connectivity index (χ1v) is 7.18. The van der Waals surface area contributed by atoms with Crippen LogP contribution < -0.4 is 0 Å². The van der Waals surface area contributed by atoms with Crippen LogP contribution >= 0.6 is 11.3 Å². The number of aryl methyl sites for hydroxylation is 1. The summed E-state index contributed by atoms with van der Waals surface area (Å²) in [5.41, 5.74) is 0. The average molecular weight is 282 g/mol. The highest BCUT2D eigenvalue weighted by molar-refractivity contribution is 7.13. The van der Waals surface area contributed by atoms with Crippen LogP contribution in [-0.2, 0) is 4.79 Å². The second kappa shape index (κ2) is 6.16. The first kappa shape index (κ1) is 14.0. The Morgan fingerprint density at radius 1 is 1.26 bits per heavy atom. The molecule has 2 heterocycles. The second-order valence-corrected chi connectivity index (χ2v) is 5.98. The van der Waals surface area contributed by atoms with Crippen LogP contribution in [0.4, 0.5) is 0 Å². The fourth-order valence-corrected chi connectivity index (χ4v) is 2.97. The fraction of sp³-hybridized carbons (Fsp3) is 0.538. The number of aliphatic carboxylic acids is 1. The van der Waals surface area contributed by atoms with Crippen LogP contribution in [0.3, 0.4) is 0 Å². The maximum absolute atomic E-state index is 12.2. The molecule has 1 aliphatic rings. The topological polar surface area (TPSA) is 60.9 Å². The Bertz CT molecular complexity index is 464. The van der Waals surface area contributed by atoms with E-state index in [0.717, 1.165) is 22.8 Å². The third kappa shape index (κ3) is 3.78. The third-order valence-electron chi connectivity index (χ3n) is 3.25. The minimum atomic E-state index is -0.771. The van der Waals surface area contributed by atoms with Crippen molar-refractivity contribution in [3.63, 3.8) is 0 Å². The minimum Gasteiger partial charge on any atom is -0.481 e. The number of piperazine rings is 1. The Morgan fingerprint density at radius 2 is 1.95 bits per heavy atom. The molecule has 0 aromatic carbocycles. The summed E-state index contributed by atoms with van der Waals surface area (Å²) in [6, 6.07) is 3.83. The number of hydrogen-bond acceptors (Lipinski definition) is 4. The predicted molar refractivity (Wildman–Crippen MR) is 73.7 cm³/mol. The van der Waals surface area contributed by atoms with Gasteiger partial charge in [-0.05, 0) is 19.1 Å². The molecule has 6 heteroatoms. The van der Waals surface area contributed by atoms with Crippen LogP contribution in [0.1, 0.15) is 21.0 Å². The van der Waals surface area contributed by atoms with E-state index >= 15 is 0 Å². The monoisotopic (exact) mass is 282 g/mol. The Balaban J connectivity index is 1.83. The Labute approximate surface area is 116 Å². The van der Waals surface area contributed by atoms with Gasteiger partial charge in [-0.2, -0.15) is 0 Å². The van der Waals surface area contributed by atoms with E-state index in [4.69, 9.17) is 5.11 Å². The fourth-order valence-electron chi connectivity index (χ4n) is 2.13. The number of nitrogens with zero attached hydrogens (tertiary/aromatic N) is 2. The van der Waals surface area contributed by atoms with Gasteiger partial charge in [0.05, 0.1) is 11.3 Å². The second-order valence-electron chi connectivity index (χ2n) is 4.69. The quantitative estimate of drug-likeness (QED) is 0.904. The van der Waals surface area contributed by atoms with Crippen molar-refractivity contribution in [1.82, 2.24) is 9.80 Å². The van der Waals surface area contributed by atoms with Gasteiger partial charge in [-0.3, -0.25) is 14.5 Å². The summed E-state index contributed by atoms with van der Waals surface area (Å²) in [4.78, 5) is 28.6. The highest BCUT2D eigenvalue weighted by Gasteiger charge is 2.22. The molecule has 0 saturated carbocycles. The predicted octanol–water partition coefficient (Wildman–Crippen LogP) is 1.29. The van der Waals surface area contributed by atoms with Gasteiger partial charge in [0.1, 0.15) is 0 Å². The molecule has 104 valence electrons. The van der Waals surface area contributed by atoms with Crippen LogP contribution in [0.2, 0.25) is 0 Å². The van der Waals surface area contributed by atoms with E-state index in [9.17, 15) is 9.59 Å². The molecule has 0 unspecified atom stereocenters. The van der Waals surface area contributed by atoms with E-state index in [1.54, 1.807) is 0 Å². The number of carbonyl (C=O) groups excluding carboxylic acids is 1. The van der Waals surface area contributed by atoms with E-state index in [2.05, 4.69) is 4.90 Å². The minimum absolute atomic E-state index is 0.0935. The van der Waals surface area contributed by atoms with Crippen LogP contribution in [0, 0.1) is 6.92 Å². The molecule has 0 bridgehead atoms. The summed E-state index contributed by atoms with van der Waals surface area (Å²) in [7, 11) is 0. The van der Waals surface area contributed by atoms with Crippen molar-refractivity contribution in [3.05, 3.63) is 21.9 Å². The van der Waals surface area contributed by atoms with Crippen molar-refractivity contribution in [2.75, 3.05) is 32.7 Å². The Kier molecular flexibility index (Phi) is 4.55. The summed E-state index contributed by atoms with van der Waals surface area (Å²) >= 11 is 1.52. The van der Waals surface area contributed by atoms with Crippen molar-refractivity contribution in [1.29, 1.82) is 0 Å². The lowest BCUT2D eigenvalue weighted by atomic mass is 10.2. The molecule has 0 atom stereocenters. The lowest BCUT2D eigenvalue weighted by molar-refractivity contribution is -0.137. The molecule has 1 N–H and O–H groups in total. The SMILES string of the molecule is Cc1ccc(C(=O)N2CCN(CCC(=O)O)CC2)s1. The molecule has 1 aliphatic heterocycles. The number of rotatable bonds is 4. The lowest BCUT2D eigenvalue weighted by Gasteiger charge is -2.34. The molecule has 0 spiro atoms. The molecule has 1 aromatic heterocycles. The average Bonchev–Trinajstić information content (AvgIpc) is 2.83. The summed E-state index contributed by atoms with van der Waals surface area (Å²) < 4.78 is 0. The van der Waals surface area contributed by atoms with Gasteiger partial charge in [0.15, 0.2) is 0 Å². The summed E-state index contributed by atoms with van der Waals surface area (Å²) in [6.07, 6.45) is 0.165. The number of amides is 1. The zero-order valence-corrected chi connectivity index (χ0v) is 11.8. The zero-order valence-electron chi connectivity index (χ0n) is 11.0. The van der Waals surface area contributed by atoms with Crippen molar-refractivity contribution in [2.45, 2.75) is 13.3 Å². The molecule has 0 aliphatic carbocycles. The van der Waals surface area contributed by atoms with Gasteiger partial charge in [0.2, 0.25) is 0 Å². The Hall–Kier alpha value is -1.40. The smallest absolute Gasteiger partial charge is 0.304 e. The van der Waals surface area contributed by atoms with Gasteiger partial charge in [0, 0.05) is 37.6 Å². The van der Waals surface area contributed by atoms with E-state index in [-0.39, 0.29) is 12.3 Å².